The first kappa shape index (κ1) is 24.7. The highest BCUT2D eigenvalue weighted by Crippen LogP contribution is 2.36. The fraction of sp³-hybridized carbons (Fsp3) is 0.391. The molecule has 172 valence electrons. The van der Waals surface area contributed by atoms with E-state index in [2.05, 4.69) is 11.8 Å². The van der Waals surface area contributed by atoms with E-state index in [0.29, 0.717) is 11.7 Å². The monoisotopic (exact) mass is 493 g/mol. The van der Waals surface area contributed by atoms with Gasteiger partial charge in [0.1, 0.15) is 11.3 Å². The first-order chi connectivity index (χ1) is 15.2. The molecule has 3 aromatic rings. The number of carbonyl (C=O) groups excluding carboxylic acids is 1. The van der Waals surface area contributed by atoms with Crippen molar-refractivity contribution < 1.29 is 14.3 Å². The van der Waals surface area contributed by atoms with Gasteiger partial charge < -0.3 is 9.47 Å². The summed E-state index contributed by atoms with van der Waals surface area (Å²) in [4.78, 5) is 23.2. The summed E-state index contributed by atoms with van der Waals surface area (Å²) in [5.41, 5.74) is 1.95. The number of amides is 1. The Labute approximate surface area is 202 Å². The molecule has 1 fully saturated rings. The average Bonchev–Trinajstić information content (AvgIpc) is 3.47. The number of ether oxygens (including phenoxy) is 2. The molecule has 1 aromatic carbocycles. The largest absolute Gasteiger partial charge is 0.494 e. The van der Waals surface area contributed by atoms with E-state index in [4.69, 9.17) is 14.5 Å². The number of rotatable bonds is 8. The quantitative estimate of drug-likeness (QED) is 0.419. The minimum Gasteiger partial charge on any atom is -0.494 e. The second kappa shape index (κ2) is 11.8. The highest BCUT2D eigenvalue weighted by molar-refractivity contribution is 7.22. The molecule has 9 heteroatoms. The molecule has 32 heavy (non-hydrogen) atoms. The molecular weight excluding hydrogens is 466 g/mol. The number of benzene rings is 1. The molecule has 0 radical (unpaired) electrons. The van der Waals surface area contributed by atoms with E-state index in [1.165, 1.54) is 0 Å². The summed E-state index contributed by atoms with van der Waals surface area (Å²) in [7, 11) is 1.65. The first-order valence-electron chi connectivity index (χ1n) is 10.4. The lowest BCUT2D eigenvalue weighted by Crippen LogP contribution is -2.39. The zero-order chi connectivity index (χ0) is 21.6. The minimum absolute atomic E-state index is 0. The predicted molar refractivity (Wildman–Crippen MR) is 136 cm³/mol. The molecule has 1 aliphatic heterocycles. The van der Waals surface area contributed by atoms with Crippen molar-refractivity contribution in [1.29, 1.82) is 0 Å². The smallest absolute Gasteiger partial charge is 0.252 e. The molecule has 1 saturated heterocycles. The number of morpholine rings is 1. The lowest BCUT2D eigenvalue weighted by Gasteiger charge is -2.27. The van der Waals surface area contributed by atoms with Gasteiger partial charge in [-0.1, -0.05) is 23.5 Å². The van der Waals surface area contributed by atoms with Crippen LogP contribution in [-0.2, 0) is 9.53 Å². The van der Waals surface area contributed by atoms with Crippen molar-refractivity contribution in [1.82, 2.24) is 9.88 Å². The standard InChI is InChI=1S/C23H27N3O3S2.ClH/c1-17-6-8-19(28-2)21-22(17)31-23(24-21)26(11-4-10-25-12-14-29-15-13-25)20(27)9-7-18-5-3-16-30-18;/h3,5-9,16H,4,10-15H2,1-2H3;1H/b9-7+;. The van der Waals surface area contributed by atoms with Gasteiger partial charge in [-0.2, -0.15) is 0 Å². The maximum absolute atomic E-state index is 13.2. The molecule has 0 saturated carbocycles. The second-order valence-corrected chi connectivity index (χ2v) is 9.36. The number of hydrogen-bond donors (Lipinski definition) is 0. The van der Waals surface area contributed by atoms with Gasteiger partial charge in [0.15, 0.2) is 5.13 Å². The Bertz CT molecular complexity index is 1050. The van der Waals surface area contributed by atoms with Crippen LogP contribution in [0, 0.1) is 6.92 Å². The van der Waals surface area contributed by atoms with Crippen molar-refractivity contribution in [3.63, 3.8) is 0 Å². The van der Waals surface area contributed by atoms with Gasteiger partial charge in [-0.05, 0) is 42.5 Å². The van der Waals surface area contributed by atoms with Crippen LogP contribution in [0.2, 0.25) is 0 Å². The molecule has 0 N–H and O–H groups in total. The van der Waals surface area contributed by atoms with Crippen LogP contribution in [-0.4, -0.2) is 62.3 Å². The highest BCUT2D eigenvalue weighted by atomic mass is 35.5. The van der Waals surface area contributed by atoms with E-state index >= 15 is 0 Å². The number of fused-ring (bicyclic) bond motifs is 1. The number of anilines is 1. The highest BCUT2D eigenvalue weighted by Gasteiger charge is 2.21. The number of thiophene rings is 1. The van der Waals surface area contributed by atoms with E-state index in [-0.39, 0.29) is 18.3 Å². The maximum Gasteiger partial charge on any atom is 0.252 e. The Kier molecular flexibility index (Phi) is 9.07. The number of aromatic nitrogens is 1. The summed E-state index contributed by atoms with van der Waals surface area (Å²) >= 11 is 3.16. The van der Waals surface area contributed by atoms with Crippen LogP contribution >= 0.6 is 35.1 Å². The van der Waals surface area contributed by atoms with Gasteiger partial charge in [0.05, 0.1) is 25.0 Å². The zero-order valence-corrected chi connectivity index (χ0v) is 20.7. The molecule has 2 aromatic heterocycles. The molecule has 0 bridgehead atoms. The number of methoxy groups -OCH3 is 1. The summed E-state index contributed by atoms with van der Waals surface area (Å²) in [6.45, 7) is 7.08. The van der Waals surface area contributed by atoms with Gasteiger partial charge in [0, 0.05) is 37.1 Å². The van der Waals surface area contributed by atoms with Crippen LogP contribution in [0.25, 0.3) is 16.3 Å². The Balaban J connectivity index is 0.00000289. The molecule has 0 unspecified atom stereocenters. The Morgan fingerprint density at radius 2 is 2.12 bits per heavy atom. The average molecular weight is 494 g/mol. The molecule has 0 atom stereocenters. The third-order valence-electron chi connectivity index (χ3n) is 5.30. The van der Waals surface area contributed by atoms with E-state index in [1.54, 1.807) is 40.8 Å². The minimum atomic E-state index is -0.0500. The number of halogens is 1. The molecule has 0 aliphatic carbocycles. The zero-order valence-electron chi connectivity index (χ0n) is 18.3. The van der Waals surface area contributed by atoms with Gasteiger partial charge in [0.2, 0.25) is 0 Å². The van der Waals surface area contributed by atoms with Crippen LogP contribution in [0.15, 0.2) is 35.7 Å². The Morgan fingerprint density at radius 1 is 1.31 bits per heavy atom. The van der Waals surface area contributed by atoms with Gasteiger partial charge in [-0.25, -0.2) is 4.98 Å². The van der Waals surface area contributed by atoms with Crippen LogP contribution in [0.3, 0.4) is 0 Å². The van der Waals surface area contributed by atoms with Crippen molar-refractivity contribution in [3.8, 4) is 5.75 Å². The van der Waals surface area contributed by atoms with E-state index in [9.17, 15) is 4.79 Å². The van der Waals surface area contributed by atoms with Crippen LogP contribution in [0.1, 0.15) is 16.9 Å². The van der Waals surface area contributed by atoms with Crippen molar-refractivity contribution in [2.45, 2.75) is 13.3 Å². The molecule has 0 spiro atoms. The molecule has 1 aliphatic rings. The van der Waals surface area contributed by atoms with Gasteiger partial charge in [-0.15, -0.1) is 23.7 Å². The Hall–Kier alpha value is -1.97. The van der Waals surface area contributed by atoms with E-state index in [0.717, 1.165) is 65.7 Å². The third-order valence-corrected chi connectivity index (χ3v) is 7.35. The van der Waals surface area contributed by atoms with Crippen molar-refractivity contribution in [3.05, 3.63) is 46.2 Å². The third kappa shape index (κ3) is 5.88. The lowest BCUT2D eigenvalue weighted by atomic mass is 10.2. The lowest BCUT2D eigenvalue weighted by molar-refractivity contribution is -0.114. The summed E-state index contributed by atoms with van der Waals surface area (Å²) in [6, 6.07) is 7.95. The fourth-order valence-electron chi connectivity index (χ4n) is 3.59. The number of aryl methyl sites for hydroxylation is 1. The SMILES string of the molecule is COc1ccc(C)c2sc(N(CCCN3CCOCC3)C(=O)/C=C/c3cccs3)nc12.Cl. The van der Waals surface area contributed by atoms with E-state index < -0.39 is 0 Å². The van der Waals surface area contributed by atoms with Crippen molar-refractivity contribution in [2.75, 3.05) is 51.4 Å². The maximum atomic E-state index is 13.2. The summed E-state index contributed by atoms with van der Waals surface area (Å²) < 4.78 is 12.0. The molecule has 3 heterocycles. The molecule has 1 amide bonds. The summed E-state index contributed by atoms with van der Waals surface area (Å²) in [6.07, 6.45) is 4.41. The van der Waals surface area contributed by atoms with Gasteiger partial charge in [0.25, 0.3) is 5.91 Å². The van der Waals surface area contributed by atoms with Gasteiger partial charge in [-0.3, -0.25) is 14.6 Å². The Morgan fingerprint density at radius 3 is 2.84 bits per heavy atom. The van der Waals surface area contributed by atoms with E-state index in [1.807, 2.05) is 35.7 Å². The molecular formula is C23H28ClN3O3S2. The number of carbonyl (C=O) groups is 1. The summed E-state index contributed by atoms with van der Waals surface area (Å²) in [5.74, 6) is 0.684. The van der Waals surface area contributed by atoms with Crippen molar-refractivity contribution >= 4 is 62.4 Å². The topological polar surface area (TPSA) is 54.9 Å². The first-order valence-corrected chi connectivity index (χ1v) is 12.1. The van der Waals surface area contributed by atoms with Crippen LogP contribution < -0.4 is 9.64 Å². The number of nitrogens with zero attached hydrogens (tertiary/aromatic N) is 3. The molecule has 6 nitrogen and oxygen atoms in total. The van der Waals surface area contributed by atoms with Crippen molar-refractivity contribution in [2.24, 2.45) is 0 Å². The van der Waals surface area contributed by atoms with Crippen LogP contribution in [0.4, 0.5) is 5.13 Å². The number of hydrogen-bond acceptors (Lipinski definition) is 7. The normalized spacial score (nSPS) is 14.6. The summed E-state index contributed by atoms with van der Waals surface area (Å²) in [5, 5.41) is 2.72. The predicted octanol–water partition coefficient (Wildman–Crippen LogP) is 4.87. The second-order valence-electron chi connectivity index (χ2n) is 7.41. The molecule has 4 rings (SSSR count). The van der Waals surface area contributed by atoms with Crippen LogP contribution in [0.5, 0.6) is 5.75 Å². The van der Waals surface area contributed by atoms with Gasteiger partial charge >= 0.3 is 0 Å². The fourth-order valence-corrected chi connectivity index (χ4v) is 5.29. The number of thiazole rings is 1.